The smallest absolute Gasteiger partial charge is 0.211 e. The second-order valence-electron chi connectivity index (χ2n) is 8.29. The fourth-order valence-electron chi connectivity index (χ4n) is 3.63. The molecule has 0 atom stereocenters. The molecule has 0 spiro atoms. The highest BCUT2D eigenvalue weighted by atomic mass is 32.2. The van der Waals surface area contributed by atoms with Gasteiger partial charge in [-0.05, 0) is 48.4 Å². The van der Waals surface area contributed by atoms with Gasteiger partial charge in [0.1, 0.15) is 12.4 Å². The van der Waals surface area contributed by atoms with Crippen molar-refractivity contribution in [3.8, 4) is 11.5 Å². The molecule has 9 heteroatoms. The molecule has 0 saturated heterocycles. The Labute approximate surface area is 213 Å². The van der Waals surface area contributed by atoms with Crippen LogP contribution in [0.15, 0.2) is 72.8 Å². The lowest BCUT2D eigenvalue weighted by Crippen LogP contribution is -2.34. The zero-order chi connectivity index (χ0) is 26.0. The molecule has 0 heterocycles. The average Bonchev–Trinajstić information content (AvgIpc) is 2.89. The van der Waals surface area contributed by atoms with Crippen molar-refractivity contribution in [3.05, 3.63) is 83.9 Å². The molecule has 3 aromatic rings. The van der Waals surface area contributed by atoms with Crippen LogP contribution < -0.4 is 24.8 Å². The number of rotatable bonds is 14. The van der Waals surface area contributed by atoms with Gasteiger partial charge in [-0.2, -0.15) is 0 Å². The highest BCUT2D eigenvalue weighted by molar-refractivity contribution is 7.89. The first kappa shape index (κ1) is 27.0. The number of hydrogen-bond acceptors (Lipinski definition) is 6. The van der Waals surface area contributed by atoms with Crippen LogP contribution in [0.3, 0.4) is 0 Å². The maximum Gasteiger partial charge on any atom is 0.211 e. The first-order valence-corrected chi connectivity index (χ1v) is 13.5. The van der Waals surface area contributed by atoms with E-state index in [0.717, 1.165) is 23.4 Å². The fraction of sp³-hybridized carbons (Fsp3) is 0.296. The molecule has 4 N–H and O–H groups in total. The monoisotopic (exact) mass is 510 g/mol. The number of unbranched alkanes of at least 4 members (excludes halogenated alkanes) is 1. The number of anilines is 2. The third-order valence-corrected chi connectivity index (χ3v) is 7.08. The number of nitrogens with zero attached hydrogens (tertiary/aromatic N) is 1. The third-order valence-electron chi connectivity index (χ3n) is 5.61. The minimum atomic E-state index is -3.34. The summed E-state index contributed by atoms with van der Waals surface area (Å²) < 4.78 is 38.9. The van der Waals surface area contributed by atoms with Gasteiger partial charge in [-0.1, -0.05) is 43.7 Å². The number of benzene rings is 3. The first-order valence-electron chi connectivity index (χ1n) is 11.9. The summed E-state index contributed by atoms with van der Waals surface area (Å²) in [7, 11) is -1.76. The Morgan fingerprint density at radius 3 is 2.33 bits per heavy atom. The SMILES string of the molecule is CCCCS(=O)(=O)NCCN(c1ccc(C(=N)N)cc1)c1ccc(OCc2ccccc2)c(OC)c1. The van der Waals surface area contributed by atoms with E-state index < -0.39 is 10.0 Å². The molecule has 0 bridgehead atoms. The minimum absolute atomic E-state index is 0.0154. The van der Waals surface area contributed by atoms with Gasteiger partial charge in [-0.3, -0.25) is 5.41 Å². The van der Waals surface area contributed by atoms with E-state index in [1.54, 1.807) is 19.2 Å². The maximum atomic E-state index is 12.3. The summed E-state index contributed by atoms with van der Waals surface area (Å²) in [4.78, 5) is 1.98. The highest BCUT2D eigenvalue weighted by Crippen LogP contribution is 2.35. The van der Waals surface area contributed by atoms with E-state index in [0.29, 0.717) is 36.6 Å². The summed E-state index contributed by atoms with van der Waals surface area (Å²) in [5.74, 6) is 1.27. The number of methoxy groups -OCH3 is 1. The van der Waals surface area contributed by atoms with Gasteiger partial charge in [0.25, 0.3) is 0 Å². The van der Waals surface area contributed by atoms with Crippen molar-refractivity contribution in [2.45, 2.75) is 26.4 Å². The second kappa shape index (κ2) is 12.9. The number of amidine groups is 1. The molecule has 3 rings (SSSR count). The molecule has 0 unspecified atom stereocenters. The summed E-state index contributed by atoms with van der Waals surface area (Å²) >= 11 is 0. The normalized spacial score (nSPS) is 11.2. The van der Waals surface area contributed by atoms with Crippen LogP contribution in [0.1, 0.15) is 30.9 Å². The molecule has 3 aromatic carbocycles. The average molecular weight is 511 g/mol. The van der Waals surface area contributed by atoms with Crippen molar-refractivity contribution in [2.24, 2.45) is 5.73 Å². The van der Waals surface area contributed by atoms with Crippen LogP contribution >= 0.6 is 0 Å². The van der Waals surface area contributed by atoms with Gasteiger partial charge in [0.2, 0.25) is 10.0 Å². The zero-order valence-electron chi connectivity index (χ0n) is 20.7. The molecule has 0 radical (unpaired) electrons. The molecule has 0 saturated carbocycles. The highest BCUT2D eigenvalue weighted by Gasteiger charge is 2.16. The number of hydrogen-bond donors (Lipinski definition) is 3. The Morgan fingerprint density at radius 1 is 1.00 bits per heavy atom. The predicted molar refractivity (Wildman–Crippen MR) is 145 cm³/mol. The quantitative estimate of drug-likeness (QED) is 0.218. The standard InChI is InChI=1S/C27H34N4O4S/c1-3-4-18-36(32,33)30-16-17-31(23-12-10-22(11-13-23)27(28)29)24-14-15-25(26(19-24)34-2)35-20-21-8-6-5-7-9-21/h5-15,19,30H,3-4,16-18,20H2,1-2H3,(H3,28,29). The van der Waals surface area contributed by atoms with Gasteiger partial charge in [-0.25, -0.2) is 13.1 Å². The van der Waals surface area contributed by atoms with Crippen molar-refractivity contribution in [2.75, 3.05) is 30.9 Å². The van der Waals surface area contributed by atoms with E-state index in [-0.39, 0.29) is 18.1 Å². The molecule has 8 nitrogen and oxygen atoms in total. The van der Waals surface area contributed by atoms with Crippen molar-refractivity contribution in [3.63, 3.8) is 0 Å². The molecule has 192 valence electrons. The Kier molecular flexibility index (Phi) is 9.72. The third kappa shape index (κ3) is 7.73. The van der Waals surface area contributed by atoms with E-state index in [4.69, 9.17) is 20.6 Å². The predicted octanol–water partition coefficient (Wildman–Crippen LogP) is 4.42. The first-order chi connectivity index (χ1) is 17.3. The summed E-state index contributed by atoms with van der Waals surface area (Å²) in [5, 5.41) is 7.65. The van der Waals surface area contributed by atoms with Gasteiger partial charge in [0.15, 0.2) is 11.5 Å². The molecule has 0 amide bonds. The van der Waals surface area contributed by atoms with Crippen LogP contribution in [0.4, 0.5) is 11.4 Å². The van der Waals surface area contributed by atoms with Crippen molar-refractivity contribution < 1.29 is 17.9 Å². The Balaban J connectivity index is 1.83. The Morgan fingerprint density at radius 2 is 1.69 bits per heavy atom. The molecular weight excluding hydrogens is 476 g/mol. The van der Waals surface area contributed by atoms with Crippen LogP contribution in [0.2, 0.25) is 0 Å². The summed E-state index contributed by atoms with van der Waals surface area (Å²) in [6.45, 7) is 2.99. The zero-order valence-corrected chi connectivity index (χ0v) is 21.6. The van der Waals surface area contributed by atoms with E-state index in [1.807, 2.05) is 72.5 Å². The van der Waals surface area contributed by atoms with Gasteiger partial charge < -0.3 is 20.1 Å². The topological polar surface area (TPSA) is 118 Å². The Bertz CT molecular complexity index is 1230. The van der Waals surface area contributed by atoms with Crippen LogP contribution in [0.25, 0.3) is 0 Å². The van der Waals surface area contributed by atoms with E-state index in [2.05, 4.69) is 4.72 Å². The van der Waals surface area contributed by atoms with Crippen LogP contribution in [0.5, 0.6) is 11.5 Å². The van der Waals surface area contributed by atoms with Crippen molar-refractivity contribution >= 4 is 27.2 Å². The number of sulfonamides is 1. The molecule has 0 aliphatic heterocycles. The number of nitrogen functional groups attached to an aromatic ring is 1. The van der Waals surface area contributed by atoms with Crippen molar-refractivity contribution in [1.29, 1.82) is 5.41 Å². The lowest BCUT2D eigenvalue weighted by Gasteiger charge is -2.26. The lowest BCUT2D eigenvalue weighted by molar-refractivity contribution is 0.284. The van der Waals surface area contributed by atoms with Gasteiger partial charge in [0.05, 0.1) is 12.9 Å². The van der Waals surface area contributed by atoms with E-state index in [9.17, 15) is 8.42 Å². The molecular formula is C27H34N4O4S. The molecule has 0 fully saturated rings. The van der Waals surface area contributed by atoms with Crippen LogP contribution in [0, 0.1) is 5.41 Å². The minimum Gasteiger partial charge on any atom is -0.493 e. The fourth-order valence-corrected chi connectivity index (χ4v) is 4.84. The number of ether oxygens (including phenoxy) is 2. The molecule has 0 aliphatic carbocycles. The van der Waals surface area contributed by atoms with Crippen LogP contribution in [-0.4, -0.2) is 40.2 Å². The summed E-state index contributed by atoms with van der Waals surface area (Å²) in [6, 6.07) is 22.7. The second-order valence-corrected chi connectivity index (χ2v) is 10.2. The number of nitrogens with two attached hydrogens (primary N) is 1. The molecule has 36 heavy (non-hydrogen) atoms. The lowest BCUT2D eigenvalue weighted by atomic mass is 10.1. The maximum absolute atomic E-state index is 12.3. The van der Waals surface area contributed by atoms with Crippen LogP contribution in [-0.2, 0) is 16.6 Å². The summed E-state index contributed by atoms with van der Waals surface area (Å²) in [5.41, 5.74) is 8.90. The largest absolute Gasteiger partial charge is 0.493 e. The Hall–Kier alpha value is -3.56. The van der Waals surface area contributed by atoms with Gasteiger partial charge in [0, 0.05) is 36.1 Å². The van der Waals surface area contributed by atoms with E-state index in [1.165, 1.54) is 0 Å². The summed E-state index contributed by atoms with van der Waals surface area (Å²) in [6.07, 6.45) is 1.43. The van der Waals surface area contributed by atoms with Gasteiger partial charge in [-0.15, -0.1) is 0 Å². The molecule has 0 aliphatic rings. The van der Waals surface area contributed by atoms with Gasteiger partial charge >= 0.3 is 0 Å². The van der Waals surface area contributed by atoms with Crippen molar-refractivity contribution in [1.82, 2.24) is 4.72 Å². The molecule has 0 aromatic heterocycles. The number of nitrogens with one attached hydrogen (secondary N) is 2. The van der Waals surface area contributed by atoms with E-state index >= 15 is 0 Å².